The van der Waals surface area contributed by atoms with Gasteiger partial charge in [-0.1, -0.05) is 0 Å². The molecule has 1 aromatic rings. The lowest BCUT2D eigenvalue weighted by atomic mass is 9.85. The van der Waals surface area contributed by atoms with Gasteiger partial charge in [0.2, 0.25) is 0 Å². The fourth-order valence-electron chi connectivity index (χ4n) is 2.97. The van der Waals surface area contributed by atoms with Crippen LogP contribution in [0.1, 0.15) is 30.9 Å². The molecule has 1 fully saturated rings. The molecule has 0 aromatic heterocycles. The zero-order valence-electron chi connectivity index (χ0n) is 10.5. The standard InChI is InChI=1S/C14H18FNOS/c1-16-12-8-14(5-2-6-18-9-14)17-13-4-3-10(15)7-11(12)13/h3-4,7,12,16H,2,5-6,8-9H2,1H3. The van der Waals surface area contributed by atoms with Crippen molar-refractivity contribution in [2.24, 2.45) is 0 Å². The molecular weight excluding hydrogens is 249 g/mol. The highest BCUT2D eigenvalue weighted by Gasteiger charge is 2.41. The van der Waals surface area contributed by atoms with Crippen LogP contribution >= 0.6 is 11.8 Å². The van der Waals surface area contributed by atoms with Crippen LogP contribution in [0.15, 0.2) is 18.2 Å². The molecule has 1 aromatic carbocycles. The first-order valence-electron chi connectivity index (χ1n) is 6.46. The molecule has 2 heterocycles. The summed E-state index contributed by atoms with van der Waals surface area (Å²) in [6, 6.07) is 5.05. The van der Waals surface area contributed by atoms with E-state index in [-0.39, 0.29) is 17.5 Å². The van der Waals surface area contributed by atoms with Gasteiger partial charge < -0.3 is 10.1 Å². The zero-order valence-corrected chi connectivity index (χ0v) is 11.4. The number of rotatable bonds is 1. The van der Waals surface area contributed by atoms with Gasteiger partial charge in [-0.3, -0.25) is 0 Å². The Morgan fingerprint density at radius 1 is 1.50 bits per heavy atom. The van der Waals surface area contributed by atoms with Crippen LogP contribution in [0.2, 0.25) is 0 Å². The van der Waals surface area contributed by atoms with Crippen molar-refractivity contribution in [3.63, 3.8) is 0 Å². The number of fused-ring (bicyclic) bond motifs is 1. The SMILES string of the molecule is CNC1CC2(CCCSC2)Oc2ccc(F)cc21. The monoisotopic (exact) mass is 267 g/mol. The molecule has 3 rings (SSSR count). The van der Waals surface area contributed by atoms with Crippen LogP contribution in [0.25, 0.3) is 0 Å². The fraction of sp³-hybridized carbons (Fsp3) is 0.571. The molecule has 0 radical (unpaired) electrons. The third-order valence-electron chi connectivity index (χ3n) is 3.88. The van der Waals surface area contributed by atoms with E-state index in [1.54, 1.807) is 12.1 Å². The lowest BCUT2D eigenvalue weighted by molar-refractivity contribution is 0.0423. The lowest BCUT2D eigenvalue weighted by Crippen LogP contribution is -2.47. The molecular formula is C14H18FNOS. The van der Waals surface area contributed by atoms with E-state index >= 15 is 0 Å². The molecule has 1 saturated heterocycles. The van der Waals surface area contributed by atoms with E-state index < -0.39 is 0 Å². The average Bonchev–Trinajstić information content (AvgIpc) is 2.39. The summed E-state index contributed by atoms with van der Waals surface area (Å²) in [5.41, 5.74) is 0.903. The van der Waals surface area contributed by atoms with Gasteiger partial charge in [0.25, 0.3) is 0 Å². The number of hydrogen-bond acceptors (Lipinski definition) is 3. The minimum atomic E-state index is -0.188. The summed E-state index contributed by atoms with van der Waals surface area (Å²) >= 11 is 1.96. The highest BCUT2D eigenvalue weighted by Crippen LogP contribution is 2.45. The second-order valence-corrected chi connectivity index (χ2v) is 6.27. The number of nitrogens with one attached hydrogen (secondary N) is 1. The Morgan fingerprint density at radius 2 is 2.39 bits per heavy atom. The maximum Gasteiger partial charge on any atom is 0.125 e. The van der Waals surface area contributed by atoms with Crippen molar-refractivity contribution >= 4 is 11.8 Å². The highest BCUT2D eigenvalue weighted by atomic mass is 32.2. The van der Waals surface area contributed by atoms with Crippen LogP contribution in [-0.4, -0.2) is 24.2 Å². The van der Waals surface area contributed by atoms with Gasteiger partial charge in [0.1, 0.15) is 17.2 Å². The van der Waals surface area contributed by atoms with Crippen molar-refractivity contribution < 1.29 is 9.13 Å². The van der Waals surface area contributed by atoms with E-state index in [1.165, 1.54) is 18.2 Å². The van der Waals surface area contributed by atoms with Crippen LogP contribution in [0.5, 0.6) is 5.75 Å². The first kappa shape index (κ1) is 12.3. The van der Waals surface area contributed by atoms with Crippen LogP contribution < -0.4 is 10.1 Å². The zero-order chi connectivity index (χ0) is 12.6. The van der Waals surface area contributed by atoms with E-state index in [2.05, 4.69) is 5.32 Å². The molecule has 2 unspecified atom stereocenters. The van der Waals surface area contributed by atoms with E-state index in [4.69, 9.17) is 4.74 Å². The second-order valence-electron chi connectivity index (χ2n) is 5.17. The molecule has 0 saturated carbocycles. The Balaban J connectivity index is 1.96. The number of benzene rings is 1. The molecule has 18 heavy (non-hydrogen) atoms. The Kier molecular flexibility index (Phi) is 3.24. The van der Waals surface area contributed by atoms with Crippen LogP contribution in [0.3, 0.4) is 0 Å². The van der Waals surface area contributed by atoms with Crippen molar-refractivity contribution in [3.8, 4) is 5.75 Å². The lowest BCUT2D eigenvalue weighted by Gasteiger charge is -2.44. The maximum atomic E-state index is 13.4. The predicted molar refractivity (Wildman–Crippen MR) is 72.7 cm³/mol. The summed E-state index contributed by atoms with van der Waals surface area (Å²) in [5, 5.41) is 3.30. The topological polar surface area (TPSA) is 21.3 Å². The van der Waals surface area contributed by atoms with Crippen molar-refractivity contribution in [1.82, 2.24) is 5.32 Å². The molecule has 0 bridgehead atoms. The third kappa shape index (κ3) is 2.12. The third-order valence-corrected chi connectivity index (χ3v) is 5.19. The molecule has 1 N–H and O–H groups in total. The van der Waals surface area contributed by atoms with E-state index in [0.29, 0.717) is 0 Å². The van der Waals surface area contributed by atoms with Crippen LogP contribution in [-0.2, 0) is 0 Å². The molecule has 98 valence electrons. The number of hydrogen-bond donors (Lipinski definition) is 1. The largest absolute Gasteiger partial charge is 0.486 e. The Morgan fingerprint density at radius 3 is 3.11 bits per heavy atom. The molecule has 2 aliphatic rings. The van der Waals surface area contributed by atoms with Gasteiger partial charge >= 0.3 is 0 Å². The molecule has 2 aliphatic heterocycles. The van der Waals surface area contributed by atoms with Crippen molar-refractivity contribution in [1.29, 1.82) is 0 Å². The van der Waals surface area contributed by atoms with Gasteiger partial charge in [-0.25, -0.2) is 4.39 Å². The number of thioether (sulfide) groups is 1. The number of halogens is 1. The minimum absolute atomic E-state index is 0.0541. The second kappa shape index (κ2) is 4.74. The van der Waals surface area contributed by atoms with Crippen molar-refractivity contribution in [2.45, 2.75) is 30.9 Å². The van der Waals surface area contributed by atoms with E-state index in [9.17, 15) is 4.39 Å². The van der Waals surface area contributed by atoms with Crippen molar-refractivity contribution in [3.05, 3.63) is 29.6 Å². The Hall–Kier alpha value is -0.740. The van der Waals surface area contributed by atoms with E-state index in [0.717, 1.165) is 29.9 Å². The fourth-order valence-corrected chi connectivity index (χ4v) is 4.15. The molecule has 2 nitrogen and oxygen atoms in total. The molecule has 1 spiro atoms. The van der Waals surface area contributed by atoms with Gasteiger partial charge in [0.15, 0.2) is 0 Å². The molecule has 2 atom stereocenters. The smallest absolute Gasteiger partial charge is 0.125 e. The van der Waals surface area contributed by atoms with Gasteiger partial charge in [-0.2, -0.15) is 11.8 Å². The van der Waals surface area contributed by atoms with Crippen LogP contribution in [0.4, 0.5) is 4.39 Å². The van der Waals surface area contributed by atoms with Crippen molar-refractivity contribution in [2.75, 3.05) is 18.6 Å². The molecule has 4 heteroatoms. The highest BCUT2D eigenvalue weighted by molar-refractivity contribution is 7.99. The summed E-state index contributed by atoms with van der Waals surface area (Å²) in [6.07, 6.45) is 3.25. The first-order valence-corrected chi connectivity index (χ1v) is 7.61. The summed E-state index contributed by atoms with van der Waals surface area (Å²) in [6.45, 7) is 0. The summed E-state index contributed by atoms with van der Waals surface area (Å²) in [4.78, 5) is 0. The normalized spacial score (nSPS) is 30.9. The Labute approximate surface area is 111 Å². The van der Waals surface area contributed by atoms with Gasteiger partial charge in [0, 0.05) is 23.8 Å². The predicted octanol–water partition coefficient (Wildman–Crippen LogP) is 3.13. The quantitative estimate of drug-likeness (QED) is 0.844. The summed E-state index contributed by atoms with van der Waals surface area (Å²) in [5.74, 6) is 2.93. The summed E-state index contributed by atoms with van der Waals surface area (Å²) < 4.78 is 19.6. The van der Waals surface area contributed by atoms with E-state index in [1.807, 2.05) is 18.8 Å². The summed E-state index contributed by atoms with van der Waals surface area (Å²) in [7, 11) is 1.94. The average molecular weight is 267 g/mol. The van der Waals surface area contributed by atoms with Gasteiger partial charge in [-0.05, 0) is 43.8 Å². The van der Waals surface area contributed by atoms with Gasteiger partial charge in [-0.15, -0.1) is 0 Å². The number of ether oxygens (including phenoxy) is 1. The molecule has 0 amide bonds. The minimum Gasteiger partial charge on any atom is -0.486 e. The first-order chi connectivity index (χ1) is 8.72. The van der Waals surface area contributed by atoms with Gasteiger partial charge in [0.05, 0.1) is 0 Å². The van der Waals surface area contributed by atoms with Crippen LogP contribution in [0, 0.1) is 5.82 Å². The maximum absolute atomic E-state index is 13.4. The molecule has 0 aliphatic carbocycles. The Bertz CT molecular complexity index is 445.